The lowest BCUT2D eigenvalue weighted by Gasteiger charge is -2.32. The molecule has 0 atom stereocenters. The highest BCUT2D eigenvalue weighted by atomic mass is 16.7. The Labute approximate surface area is 779 Å². The molecule has 0 aliphatic carbocycles. The van der Waals surface area contributed by atoms with E-state index in [1.54, 1.807) is 0 Å². The molecule has 0 spiro atoms. The third-order valence-electron chi connectivity index (χ3n) is 28.8. The van der Waals surface area contributed by atoms with Crippen LogP contribution in [0, 0.1) is 0 Å². The first kappa shape index (κ1) is 88.7. The monoisotopic (exact) mass is 1720 g/mol. The molecule has 4 aliphatic heterocycles. The minimum Gasteiger partial charge on any atom is -0.399 e. The van der Waals surface area contributed by atoms with E-state index in [1.165, 1.54) is 154 Å². The van der Waals surface area contributed by atoms with Crippen molar-refractivity contribution in [3.63, 3.8) is 0 Å². The maximum Gasteiger partial charge on any atom is 0.494 e. The number of fused-ring (bicyclic) bond motifs is 6. The molecule has 22 rings (SSSR count). The van der Waals surface area contributed by atoms with Crippen LogP contribution in [-0.4, -0.2) is 73.3 Å². The molecule has 0 saturated carbocycles. The second kappa shape index (κ2) is 35.2. The Balaban J connectivity index is 0.000000114. The van der Waals surface area contributed by atoms with Crippen molar-refractivity contribution in [2.24, 2.45) is 0 Å². The third-order valence-corrected chi connectivity index (χ3v) is 28.8. The van der Waals surface area contributed by atoms with Crippen molar-refractivity contribution in [1.82, 2.24) is 0 Å². The Morgan fingerprint density at radius 1 is 0.144 bits per heavy atom. The van der Waals surface area contributed by atoms with E-state index in [-0.39, 0.29) is 73.3 Å². The normalized spacial score (nSPS) is 17.0. The van der Waals surface area contributed by atoms with Crippen molar-refractivity contribution < 1.29 is 37.2 Å². The van der Waals surface area contributed by atoms with Crippen LogP contribution >= 0.6 is 0 Å². The third kappa shape index (κ3) is 17.8. The first-order valence-corrected chi connectivity index (χ1v) is 46.3. The lowest BCUT2D eigenvalue weighted by atomic mass is 9.78. The zero-order valence-corrected chi connectivity index (χ0v) is 78.5. The molecule has 4 aliphatic rings. The molecule has 0 radical (unpaired) electrons. The van der Waals surface area contributed by atoms with E-state index in [1.807, 2.05) is 0 Å². The average Bonchev–Trinajstić information content (AvgIpc) is 1.45. The largest absolute Gasteiger partial charge is 0.494 e. The van der Waals surface area contributed by atoms with Gasteiger partial charge in [-0.15, -0.1) is 0 Å². The first-order chi connectivity index (χ1) is 63.3. The van der Waals surface area contributed by atoms with Crippen molar-refractivity contribution in [2.75, 3.05) is 0 Å². The van der Waals surface area contributed by atoms with E-state index < -0.39 is 0 Å². The lowest BCUT2D eigenvalue weighted by Crippen LogP contribution is -2.41. The van der Waals surface area contributed by atoms with Gasteiger partial charge in [0.2, 0.25) is 0 Å². The van der Waals surface area contributed by atoms with E-state index in [2.05, 4.69) is 499 Å². The summed E-state index contributed by atoms with van der Waals surface area (Å²) in [6.07, 6.45) is 0. The fourth-order valence-electron chi connectivity index (χ4n) is 18.1. The fraction of sp³-hybridized carbons (Fsp3) is 0.200. The van der Waals surface area contributed by atoms with Crippen LogP contribution in [0.15, 0.2) is 388 Å². The van der Waals surface area contributed by atoms with Gasteiger partial charge in [-0.2, -0.15) is 0 Å². The molecule has 0 bridgehead atoms. The van der Waals surface area contributed by atoms with Crippen molar-refractivity contribution in [1.29, 1.82) is 0 Å². The van der Waals surface area contributed by atoms with Gasteiger partial charge in [0.05, 0.1) is 44.8 Å². The minimum absolute atomic E-state index is 0.327. The van der Waals surface area contributed by atoms with E-state index in [0.717, 1.165) is 21.9 Å². The predicted molar refractivity (Wildman–Crippen MR) is 557 cm³/mol. The summed E-state index contributed by atoms with van der Waals surface area (Å²) in [6.45, 7) is 33.4. The Morgan fingerprint density at radius 2 is 0.386 bits per heavy atom. The van der Waals surface area contributed by atoms with Crippen LogP contribution in [0.3, 0.4) is 0 Å². The maximum atomic E-state index is 6.29. The highest BCUT2D eigenvalue weighted by Crippen LogP contribution is 2.46. The molecule has 652 valence electrons. The smallest absolute Gasteiger partial charge is 0.399 e. The van der Waals surface area contributed by atoms with Crippen LogP contribution in [0.1, 0.15) is 111 Å². The van der Waals surface area contributed by atoms with Gasteiger partial charge in [0.1, 0.15) is 0 Å². The van der Waals surface area contributed by atoms with Crippen molar-refractivity contribution in [3.05, 3.63) is 388 Å². The molecule has 132 heavy (non-hydrogen) atoms. The van der Waals surface area contributed by atoms with Crippen molar-refractivity contribution >= 4 is 115 Å². The first-order valence-electron chi connectivity index (χ1n) is 46.3. The van der Waals surface area contributed by atoms with E-state index in [4.69, 9.17) is 37.2 Å². The van der Waals surface area contributed by atoms with Gasteiger partial charge in [-0.25, -0.2) is 0 Å². The Bertz CT molecular complexity index is 7260. The van der Waals surface area contributed by atoms with Gasteiger partial charge in [0.15, 0.2) is 0 Å². The van der Waals surface area contributed by atoms with E-state index >= 15 is 0 Å². The summed E-state index contributed by atoms with van der Waals surface area (Å²) in [6, 6.07) is 139. The molecule has 18 aromatic rings. The summed E-state index contributed by atoms with van der Waals surface area (Å²) in [4.78, 5) is 0. The van der Waals surface area contributed by atoms with Crippen molar-refractivity contribution in [3.8, 4) is 89.0 Å². The van der Waals surface area contributed by atoms with Gasteiger partial charge >= 0.3 is 28.5 Å². The van der Waals surface area contributed by atoms with Gasteiger partial charge in [-0.1, -0.05) is 352 Å². The molecule has 0 N–H and O–H groups in total. The minimum atomic E-state index is -0.360. The topological polar surface area (TPSA) is 73.8 Å². The molecule has 4 heterocycles. The van der Waals surface area contributed by atoms with Crippen LogP contribution < -0.4 is 21.9 Å². The van der Waals surface area contributed by atoms with Crippen LogP contribution in [0.5, 0.6) is 0 Å². The van der Waals surface area contributed by atoms with Crippen LogP contribution in [0.4, 0.5) is 0 Å². The van der Waals surface area contributed by atoms with Gasteiger partial charge in [-0.3, -0.25) is 0 Å². The fourth-order valence-corrected chi connectivity index (χ4v) is 18.1. The quantitative estimate of drug-likeness (QED) is 0.112. The molecule has 18 aromatic carbocycles. The van der Waals surface area contributed by atoms with Crippen LogP contribution in [0.25, 0.3) is 154 Å². The number of hydrogen-bond acceptors (Lipinski definition) is 8. The zero-order chi connectivity index (χ0) is 91.7. The van der Waals surface area contributed by atoms with Gasteiger partial charge in [0.25, 0.3) is 0 Å². The summed E-state index contributed by atoms with van der Waals surface area (Å²) >= 11 is 0. The second-order valence-electron chi connectivity index (χ2n) is 39.7. The number of rotatable bonds is 12. The second-order valence-corrected chi connectivity index (χ2v) is 39.7. The molecule has 0 unspecified atom stereocenters. The summed E-state index contributed by atoms with van der Waals surface area (Å²) in [7, 11) is -1.38. The summed E-state index contributed by atoms with van der Waals surface area (Å²) < 4.78 is 50.0. The molecule has 0 aromatic heterocycles. The predicted octanol–water partition coefficient (Wildman–Crippen LogP) is 28.2. The Morgan fingerprint density at radius 3 is 0.788 bits per heavy atom. The molecular weight excluding hydrogens is 1610 g/mol. The van der Waals surface area contributed by atoms with Crippen LogP contribution in [0.2, 0.25) is 0 Å². The molecule has 0 amide bonds. The molecule has 8 nitrogen and oxygen atoms in total. The van der Waals surface area contributed by atoms with Gasteiger partial charge in [0, 0.05) is 0 Å². The van der Waals surface area contributed by atoms with Crippen molar-refractivity contribution in [2.45, 2.75) is 156 Å². The molecular formula is C120H112B4O8. The standard InChI is InChI=1S/2C34H31BO2.2C26H25BO2/c1-33(2)34(3,4)37-35(36-33)29-21-20-26-22-28(19-18-27(26)23-29)31-17-11-16-30(24-12-7-5-8-13-24)32(31)25-14-9-6-10-15-25;1-33(2)34(3,4)37-35(36-33)30-19-17-26-21-29(16-15-27(26)22-30)31-20-18-28(24-11-7-5-8-12-24)23-32(31)25-13-9-6-10-14-25;1-25(2)26(3,4)29-27(28-25)22-15-14-19-16-21(13-12-20(19)17-22)24-11-7-9-18-8-5-6-10-23(18)24;1-25(2)26(3,4)29-27(28-25)24-14-13-22-16-21(11-12-23(22)17-24)20-10-9-18-7-5-6-8-19(18)15-20/h2*5-23H,1-4H3;2*5-17H,1-4H3. The lowest BCUT2D eigenvalue weighted by molar-refractivity contribution is 0.00578. The molecule has 4 fully saturated rings. The summed E-state index contributed by atoms with van der Waals surface area (Å²) in [5.74, 6) is 0. The van der Waals surface area contributed by atoms with E-state index in [9.17, 15) is 0 Å². The highest BCUT2D eigenvalue weighted by Gasteiger charge is 2.55. The Hall–Kier alpha value is -12.5. The summed E-state index contributed by atoms with van der Waals surface area (Å²) in [5.41, 5.74) is 21.1. The van der Waals surface area contributed by atoms with E-state index in [0.29, 0.717) is 0 Å². The maximum absolute atomic E-state index is 6.29. The SMILES string of the molecule is CC1(C)OB(c2ccc3cc(-c4ccc(-c5ccccc5)cc4-c4ccccc4)ccc3c2)OC1(C)C.CC1(C)OB(c2ccc3cc(-c4ccc5ccccc5c4)ccc3c2)OC1(C)C.CC1(C)OB(c2ccc3cc(-c4cccc(-c5ccccc5)c4-c4ccccc4)ccc3c2)OC1(C)C.CC1(C)OB(c2ccc3cc(-c4cccc5ccccc45)ccc3c2)OC1(C)C. The van der Waals surface area contributed by atoms with Crippen LogP contribution in [-0.2, 0) is 37.2 Å². The average molecular weight is 1730 g/mol. The Kier molecular flexibility index (Phi) is 23.7. The molecule has 12 heteroatoms. The number of hydrogen-bond donors (Lipinski definition) is 0. The zero-order valence-electron chi connectivity index (χ0n) is 78.5. The van der Waals surface area contributed by atoms with Gasteiger partial charge < -0.3 is 37.2 Å². The molecule has 4 saturated heterocycles. The number of benzene rings is 18. The highest BCUT2D eigenvalue weighted by molar-refractivity contribution is 6.64. The summed E-state index contributed by atoms with van der Waals surface area (Å²) in [5, 5.41) is 14.7. The van der Waals surface area contributed by atoms with Gasteiger partial charge in [-0.05, 0) is 323 Å².